The summed E-state index contributed by atoms with van der Waals surface area (Å²) in [5.41, 5.74) is 0.850. The molecule has 238 valence electrons. The Bertz CT molecular complexity index is 1530. The van der Waals surface area contributed by atoms with E-state index in [1.54, 1.807) is 55.5 Å². The number of methoxy groups -OCH3 is 2. The van der Waals surface area contributed by atoms with Gasteiger partial charge in [0.25, 0.3) is 10.0 Å². The average Bonchev–Trinajstić information content (AvgIpc) is 3.00. The van der Waals surface area contributed by atoms with E-state index >= 15 is 0 Å². The van der Waals surface area contributed by atoms with Crippen LogP contribution in [-0.4, -0.2) is 64.6 Å². The van der Waals surface area contributed by atoms with Crippen molar-refractivity contribution in [1.29, 1.82) is 0 Å². The minimum absolute atomic E-state index is 0.00392. The molecule has 10 nitrogen and oxygen atoms in total. The molecule has 3 aromatic carbocycles. The molecule has 0 aromatic heterocycles. The first kappa shape index (κ1) is 34.5. The number of hydrogen-bond donors (Lipinski definition) is 1. The average molecular weight is 646 g/mol. The van der Waals surface area contributed by atoms with Gasteiger partial charge in [0.2, 0.25) is 11.8 Å². The number of anilines is 1. The summed E-state index contributed by atoms with van der Waals surface area (Å²) in [5, 5.41) is 3.30. The van der Waals surface area contributed by atoms with Crippen molar-refractivity contribution in [3.8, 4) is 17.2 Å². The van der Waals surface area contributed by atoms with Crippen molar-refractivity contribution in [1.82, 2.24) is 10.2 Å². The SMILES string of the molecule is CCOc1ccc(N(CC(=O)N(Cc2ccccc2Cl)[C@@H](CC)C(=O)NC(C)C)S(=O)(=O)c2ccc(OC)c(OC)c2)cc1. The minimum Gasteiger partial charge on any atom is -0.494 e. The maximum atomic E-state index is 14.2. The van der Waals surface area contributed by atoms with Crippen LogP contribution in [0.4, 0.5) is 5.69 Å². The first-order valence-corrected chi connectivity index (χ1v) is 16.1. The lowest BCUT2D eigenvalue weighted by atomic mass is 10.1. The third-order valence-electron chi connectivity index (χ3n) is 6.77. The fraction of sp³-hybridized carbons (Fsp3) is 0.375. The van der Waals surface area contributed by atoms with Crippen molar-refractivity contribution in [2.24, 2.45) is 0 Å². The second-order valence-electron chi connectivity index (χ2n) is 10.2. The van der Waals surface area contributed by atoms with Gasteiger partial charge in [-0.05, 0) is 75.2 Å². The molecule has 0 bridgehead atoms. The number of nitrogens with zero attached hydrogens (tertiary/aromatic N) is 2. The zero-order valence-electron chi connectivity index (χ0n) is 25.9. The minimum atomic E-state index is -4.34. The first-order valence-electron chi connectivity index (χ1n) is 14.3. The maximum Gasteiger partial charge on any atom is 0.264 e. The lowest BCUT2D eigenvalue weighted by molar-refractivity contribution is -0.140. The van der Waals surface area contributed by atoms with Gasteiger partial charge in [0.15, 0.2) is 11.5 Å². The fourth-order valence-corrected chi connectivity index (χ4v) is 6.24. The number of rotatable bonds is 15. The lowest BCUT2D eigenvalue weighted by Crippen LogP contribution is -2.53. The molecule has 0 radical (unpaired) electrons. The second kappa shape index (κ2) is 15.7. The number of sulfonamides is 1. The number of halogens is 1. The van der Waals surface area contributed by atoms with Gasteiger partial charge in [0.05, 0.1) is 31.4 Å². The Morgan fingerprint density at radius 3 is 2.16 bits per heavy atom. The summed E-state index contributed by atoms with van der Waals surface area (Å²) in [7, 11) is -1.48. The molecular formula is C32H40ClN3O7S. The van der Waals surface area contributed by atoms with Crippen LogP contribution in [0.3, 0.4) is 0 Å². The van der Waals surface area contributed by atoms with Crippen LogP contribution in [0.25, 0.3) is 0 Å². The van der Waals surface area contributed by atoms with Crippen LogP contribution in [0.2, 0.25) is 5.02 Å². The summed E-state index contributed by atoms with van der Waals surface area (Å²) in [5.74, 6) is 0.168. The molecular weight excluding hydrogens is 606 g/mol. The summed E-state index contributed by atoms with van der Waals surface area (Å²) in [4.78, 5) is 28.8. The molecule has 2 amide bonds. The standard InChI is InChI=1S/C32H40ClN3O7S/c1-7-28(32(38)34-22(3)4)35(20-23-11-9-10-12-27(23)33)31(37)21-36(24-13-15-25(16-14-24)43-8-2)44(39,40)26-17-18-29(41-5)30(19-26)42-6/h9-19,22,28H,7-8,20-21H2,1-6H3,(H,34,38)/t28-/m0/s1. The molecule has 0 spiro atoms. The third-order valence-corrected chi connectivity index (χ3v) is 8.91. The summed E-state index contributed by atoms with van der Waals surface area (Å²) in [6.45, 7) is 7.12. The van der Waals surface area contributed by atoms with Gasteiger partial charge in [0, 0.05) is 23.7 Å². The Kier molecular flexibility index (Phi) is 12.3. The highest BCUT2D eigenvalue weighted by Gasteiger charge is 2.34. The van der Waals surface area contributed by atoms with Gasteiger partial charge in [0.1, 0.15) is 18.3 Å². The van der Waals surface area contributed by atoms with Crippen LogP contribution in [-0.2, 0) is 26.2 Å². The van der Waals surface area contributed by atoms with E-state index in [4.69, 9.17) is 25.8 Å². The smallest absolute Gasteiger partial charge is 0.264 e. The van der Waals surface area contributed by atoms with Crippen molar-refractivity contribution in [2.45, 2.75) is 57.6 Å². The van der Waals surface area contributed by atoms with Crippen LogP contribution < -0.4 is 23.8 Å². The van der Waals surface area contributed by atoms with Crippen LogP contribution in [0, 0.1) is 0 Å². The van der Waals surface area contributed by atoms with Crippen LogP contribution in [0.1, 0.15) is 39.7 Å². The van der Waals surface area contributed by atoms with E-state index in [0.717, 1.165) is 4.31 Å². The van der Waals surface area contributed by atoms with E-state index in [-0.39, 0.29) is 34.8 Å². The van der Waals surface area contributed by atoms with Gasteiger partial charge in [-0.25, -0.2) is 8.42 Å². The van der Waals surface area contributed by atoms with Gasteiger partial charge >= 0.3 is 0 Å². The zero-order chi connectivity index (χ0) is 32.4. The predicted molar refractivity (Wildman–Crippen MR) is 171 cm³/mol. The van der Waals surface area contributed by atoms with Crippen molar-refractivity contribution in [2.75, 3.05) is 31.7 Å². The fourth-order valence-electron chi connectivity index (χ4n) is 4.62. The molecule has 44 heavy (non-hydrogen) atoms. The van der Waals surface area contributed by atoms with E-state index < -0.39 is 28.5 Å². The Labute approximate surface area is 264 Å². The third kappa shape index (κ3) is 8.35. The maximum absolute atomic E-state index is 14.2. The van der Waals surface area contributed by atoms with Crippen molar-refractivity contribution in [3.63, 3.8) is 0 Å². The van der Waals surface area contributed by atoms with Gasteiger partial charge in [-0.3, -0.25) is 13.9 Å². The Hall–Kier alpha value is -3.96. The molecule has 0 saturated carbocycles. The molecule has 1 N–H and O–H groups in total. The van der Waals surface area contributed by atoms with Gasteiger partial charge in [-0.15, -0.1) is 0 Å². The molecule has 0 heterocycles. The molecule has 12 heteroatoms. The van der Waals surface area contributed by atoms with E-state index in [1.165, 1.54) is 37.3 Å². The summed E-state index contributed by atoms with van der Waals surface area (Å²) in [6.07, 6.45) is 0.292. The number of nitrogens with one attached hydrogen (secondary N) is 1. The van der Waals surface area contributed by atoms with E-state index in [9.17, 15) is 18.0 Å². The highest BCUT2D eigenvalue weighted by molar-refractivity contribution is 7.92. The Morgan fingerprint density at radius 1 is 0.932 bits per heavy atom. The van der Waals surface area contributed by atoms with Gasteiger partial charge < -0.3 is 24.4 Å². The Morgan fingerprint density at radius 2 is 1.59 bits per heavy atom. The van der Waals surface area contributed by atoms with Gasteiger partial charge in [-0.1, -0.05) is 36.7 Å². The number of benzene rings is 3. The number of ether oxygens (including phenoxy) is 3. The molecule has 0 saturated heterocycles. The second-order valence-corrected chi connectivity index (χ2v) is 12.4. The van der Waals surface area contributed by atoms with E-state index in [0.29, 0.717) is 35.1 Å². The molecule has 0 unspecified atom stereocenters. The van der Waals surface area contributed by atoms with Crippen LogP contribution in [0.15, 0.2) is 71.6 Å². The van der Waals surface area contributed by atoms with Crippen molar-refractivity contribution >= 4 is 39.1 Å². The quantitative estimate of drug-likeness (QED) is 0.239. The number of carbonyl (C=O) groups excluding carboxylic acids is 2. The van der Waals surface area contributed by atoms with Crippen LogP contribution >= 0.6 is 11.6 Å². The summed E-state index contributed by atoms with van der Waals surface area (Å²) >= 11 is 6.45. The molecule has 3 aromatic rings. The van der Waals surface area contributed by atoms with E-state index in [2.05, 4.69) is 5.32 Å². The molecule has 0 aliphatic rings. The van der Waals surface area contributed by atoms with Crippen LogP contribution in [0.5, 0.6) is 17.2 Å². The highest BCUT2D eigenvalue weighted by Crippen LogP contribution is 2.33. The normalized spacial score (nSPS) is 11.9. The lowest BCUT2D eigenvalue weighted by Gasteiger charge is -2.33. The number of hydrogen-bond acceptors (Lipinski definition) is 7. The largest absolute Gasteiger partial charge is 0.494 e. The summed E-state index contributed by atoms with van der Waals surface area (Å²) < 4.78 is 45.6. The molecule has 0 fully saturated rings. The highest BCUT2D eigenvalue weighted by atomic mass is 35.5. The molecule has 1 atom stereocenters. The molecule has 0 aliphatic carbocycles. The predicted octanol–water partition coefficient (Wildman–Crippen LogP) is 5.28. The monoisotopic (exact) mass is 645 g/mol. The van der Waals surface area contributed by atoms with E-state index in [1.807, 2.05) is 20.8 Å². The number of amides is 2. The molecule has 3 rings (SSSR count). The zero-order valence-corrected chi connectivity index (χ0v) is 27.4. The first-order chi connectivity index (χ1) is 21.0. The topological polar surface area (TPSA) is 114 Å². The molecule has 0 aliphatic heterocycles. The Balaban J connectivity index is 2.12. The van der Waals surface area contributed by atoms with Gasteiger partial charge in [-0.2, -0.15) is 0 Å². The number of carbonyl (C=O) groups is 2. The summed E-state index contributed by atoms with van der Waals surface area (Å²) in [6, 6.07) is 16.6. The van der Waals surface area contributed by atoms with Crippen molar-refractivity contribution in [3.05, 3.63) is 77.3 Å². The van der Waals surface area contributed by atoms with Crippen molar-refractivity contribution < 1.29 is 32.2 Å².